The van der Waals surface area contributed by atoms with Gasteiger partial charge in [0.15, 0.2) is 0 Å². The normalized spacial score (nSPS) is 31.2. The highest BCUT2D eigenvalue weighted by Crippen LogP contribution is 2.39. The molecule has 0 N–H and O–H groups in total. The fraction of sp³-hybridized carbons (Fsp3) is 0.455. The lowest BCUT2D eigenvalue weighted by atomic mass is 10.2. The Bertz CT molecular complexity index is 298. The Morgan fingerprint density at radius 3 is 2.69 bits per heavy atom. The predicted octanol–water partition coefficient (Wildman–Crippen LogP) is 2.38. The van der Waals surface area contributed by atoms with Crippen LogP contribution in [0.2, 0.25) is 0 Å². The number of nitrogens with zero attached hydrogens (tertiary/aromatic N) is 1. The van der Waals surface area contributed by atoms with Crippen molar-refractivity contribution in [2.75, 3.05) is 17.2 Å². The molecule has 13 heavy (non-hydrogen) atoms. The first kappa shape index (κ1) is 7.74. The summed E-state index contributed by atoms with van der Waals surface area (Å²) in [5.74, 6) is 1.33. The number of rotatable bonds is 1. The Hall–Kier alpha value is -0.630. The SMILES string of the molecule is c1ccc(N2CC3CC2CS3)cc1. The molecule has 2 heterocycles. The number of thioether (sulfide) groups is 1. The molecule has 2 aliphatic rings. The van der Waals surface area contributed by atoms with E-state index in [2.05, 4.69) is 47.0 Å². The van der Waals surface area contributed by atoms with Gasteiger partial charge in [0.25, 0.3) is 0 Å². The maximum absolute atomic E-state index is 2.57. The molecule has 1 aromatic rings. The molecule has 1 aromatic carbocycles. The monoisotopic (exact) mass is 191 g/mol. The van der Waals surface area contributed by atoms with Gasteiger partial charge in [0.05, 0.1) is 0 Å². The van der Waals surface area contributed by atoms with E-state index in [0.717, 1.165) is 11.3 Å². The molecule has 0 saturated carbocycles. The van der Waals surface area contributed by atoms with Gasteiger partial charge in [0.1, 0.15) is 0 Å². The van der Waals surface area contributed by atoms with Crippen LogP contribution in [0.3, 0.4) is 0 Å². The molecule has 2 saturated heterocycles. The predicted molar refractivity (Wildman–Crippen MR) is 58.4 cm³/mol. The van der Waals surface area contributed by atoms with Crippen molar-refractivity contribution in [3.63, 3.8) is 0 Å². The van der Waals surface area contributed by atoms with Crippen molar-refractivity contribution in [3.05, 3.63) is 30.3 Å². The minimum absolute atomic E-state index is 0.817. The lowest BCUT2D eigenvalue weighted by Crippen LogP contribution is -2.33. The van der Waals surface area contributed by atoms with Crippen LogP contribution in [0.5, 0.6) is 0 Å². The number of hydrogen-bond donors (Lipinski definition) is 0. The highest BCUT2D eigenvalue weighted by molar-refractivity contribution is 8.00. The van der Waals surface area contributed by atoms with Gasteiger partial charge in [0, 0.05) is 29.3 Å². The molecule has 2 bridgehead atoms. The van der Waals surface area contributed by atoms with Gasteiger partial charge in [-0.15, -0.1) is 0 Å². The van der Waals surface area contributed by atoms with Crippen LogP contribution in [0, 0.1) is 0 Å². The molecule has 0 aromatic heterocycles. The van der Waals surface area contributed by atoms with Gasteiger partial charge < -0.3 is 4.90 Å². The van der Waals surface area contributed by atoms with E-state index in [1.807, 2.05) is 0 Å². The van der Waals surface area contributed by atoms with Crippen LogP contribution in [0.15, 0.2) is 30.3 Å². The van der Waals surface area contributed by atoms with Gasteiger partial charge in [-0.2, -0.15) is 11.8 Å². The average Bonchev–Trinajstić information content (AvgIpc) is 2.80. The fourth-order valence-corrected chi connectivity index (χ4v) is 3.77. The summed E-state index contributed by atoms with van der Waals surface area (Å²) >= 11 is 2.15. The van der Waals surface area contributed by atoms with Crippen molar-refractivity contribution >= 4 is 17.4 Å². The zero-order valence-corrected chi connectivity index (χ0v) is 8.33. The zero-order valence-electron chi connectivity index (χ0n) is 7.52. The summed E-state index contributed by atoms with van der Waals surface area (Å²) in [5, 5.41) is 0.908. The molecular weight excluding hydrogens is 178 g/mol. The Morgan fingerprint density at radius 1 is 1.23 bits per heavy atom. The summed E-state index contributed by atoms with van der Waals surface area (Å²) < 4.78 is 0. The van der Waals surface area contributed by atoms with Crippen molar-refractivity contribution in [3.8, 4) is 0 Å². The average molecular weight is 191 g/mol. The van der Waals surface area contributed by atoms with Crippen LogP contribution in [0.1, 0.15) is 6.42 Å². The number of para-hydroxylation sites is 1. The molecule has 0 aliphatic carbocycles. The van der Waals surface area contributed by atoms with Gasteiger partial charge in [0.2, 0.25) is 0 Å². The molecule has 0 amide bonds. The van der Waals surface area contributed by atoms with Crippen LogP contribution >= 0.6 is 11.8 Å². The molecule has 2 fully saturated rings. The van der Waals surface area contributed by atoms with E-state index >= 15 is 0 Å². The van der Waals surface area contributed by atoms with E-state index in [1.165, 1.54) is 24.4 Å². The van der Waals surface area contributed by atoms with Crippen molar-refractivity contribution < 1.29 is 0 Å². The van der Waals surface area contributed by atoms with Crippen molar-refractivity contribution in [2.24, 2.45) is 0 Å². The number of benzene rings is 1. The van der Waals surface area contributed by atoms with Crippen LogP contribution in [-0.4, -0.2) is 23.6 Å². The third-order valence-electron chi connectivity index (χ3n) is 2.99. The third kappa shape index (κ3) is 1.24. The molecular formula is C11H13NS. The maximum Gasteiger partial charge on any atom is 0.0392 e. The Labute approximate surface area is 83.1 Å². The van der Waals surface area contributed by atoms with Gasteiger partial charge in [-0.1, -0.05) is 18.2 Å². The molecule has 68 valence electrons. The molecule has 0 spiro atoms. The van der Waals surface area contributed by atoms with E-state index in [0.29, 0.717) is 0 Å². The van der Waals surface area contributed by atoms with E-state index in [9.17, 15) is 0 Å². The molecule has 1 nitrogen and oxygen atoms in total. The lowest BCUT2D eigenvalue weighted by molar-refractivity contribution is 0.763. The second-order valence-electron chi connectivity index (χ2n) is 3.83. The largest absolute Gasteiger partial charge is 0.367 e. The molecule has 2 atom stereocenters. The summed E-state index contributed by atoms with van der Waals surface area (Å²) in [6.07, 6.45) is 1.40. The Kier molecular flexibility index (Phi) is 1.76. The highest BCUT2D eigenvalue weighted by Gasteiger charge is 2.38. The van der Waals surface area contributed by atoms with Gasteiger partial charge >= 0.3 is 0 Å². The maximum atomic E-state index is 2.57. The van der Waals surface area contributed by atoms with Gasteiger partial charge in [-0.25, -0.2) is 0 Å². The summed E-state index contributed by atoms with van der Waals surface area (Å²) in [6, 6.07) is 11.6. The highest BCUT2D eigenvalue weighted by atomic mass is 32.2. The van der Waals surface area contributed by atoms with E-state index in [1.54, 1.807) is 0 Å². The summed E-state index contributed by atoms with van der Waals surface area (Å²) in [4.78, 5) is 2.57. The standard InChI is InChI=1S/C11H13NS/c1-2-4-9(5-3-1)12-7-11-6-10(12)8-13-11/h1-5,10-11H,6-8H2. The van der Waals surface area contributed by atoms with Crippen LogP contribution < -0.4 is 4.90 Å². The quantitative estimate of drug-likeness (QED) is 0.670. The Balaban J connectivity index is 1.87. The van der Waals surface area contributed by atoms with Crippen molar-refractivity contribution in [1.29, 1.82) is 0 Å². The van der Waals surface area contributed by atoms with Crippen molar-refractivity contribution in [2.45, 2.75) is 17.7 Å². The third-order valence-corrected chi connectivity index (χ3v) is 4.38. The first-order valence-electron chi connectivity index (χ1n) is 4.87. The summed E-state index contributed by atoms with van der Waals surface area (Å²) in [7, 11) is 0. The topological polar surface area (TPSA) is 3.24 Å². The summed E-state index contributed by atoms with van der Waals surface area (Å²) in [5.41, 5.74) is 1.41. The molecule has 3 rings (SSSR count). The molecule has 2 unspecified atom stereocenters. The van der Waals surface area contributed by atoms with Crippen molar-refractivity contribution in [1.82, 2.24) is 0 Å². The first-order valence-corrected chi connectivity index (χ1v) is 5.91. The van der Waals surface area contributed by atoms with Gasteiger partial charge in [-0.05, 0) is 18.6 Å². The minimum Gasteiger partial charge on any atom is -0.367 e. The first-order chi connectivity index (χ1) is 6.43. The second-order valence-corrected chi connectivity index (χ2v) is 5.17. The molecule has 0 radical (unpaired) electrons. The van der Waals surface area contributed by atoms with Gasteiger partial charge in [-0.3, -0.25) is 0 Å². The fourth-order valence-electron chi connectivity index (χ4n) is 2.34. The van der Waals surface area contributed by atoms with Crippen LogP contribution in [-0.2, 0) is 0 Å². The number of fused-ring (bicyclic) bond motifs is 2. The number of anilines is 1. The van der Waals surface area contributed by atoms with Crippen LogP contribution in [0.4, 0.5) is 5.69 Å². The van der Waals surface area contributed by atoms with Crippen LogP contribution in [0.25, 0.3) is 0 Å². The Morgan fingerprint density at radius 2 is 2.08 bits per heavy atom. The second kappa shape index (κ2) is 2.95. The number of hydrogen-bond acceptors (Lipinski definition) is 2. The minimum atomic E-state index is 0.817. The smallest absolute Gasteiger partial charge is 0.0392 e. The van der Waals surface area contributed by atoms with E-state index in [-0.39, 0.29) is 0 Å². The van der Waals surface area contributed by atoms with E-state index in [4.69, 9.17) is 0 Å². The molecule has 2 aliphatic heterocycles. The summed E-state index contributed by atoms with van der Waals surface area (Å²) in [6.45, 7) is 1.26. The lowest BCUT2D eigenvalue weighted by Gasteiger charge is -2.28. The zero-order chi connectivity index (χ0) is 8.67. The molecule has 2 heteroatoms. The van der Waals surface area contributed by atoms with E-state index < -0.39 is 0 Å².